The van der Waals surface area contributed by atoms with Crippen molar-refractivity contribution in [1.29, 1.82) is 0 Å². The number of halogens is 1. The number of ether oxygens (including phenoxy) is 1. The molecular weight excluding hydrogens is 515 g/mol. The fourth-order valence-corrected chi connectivity index (χ4v) is 4.17. The second-order valence-electron chi connectivity index (χ2n) is 8.38. The van der Waals surface area contributed by atoms with Crippen LogP contribution in [0.4, 0.5) is 5.69 Å². The van der Waals surface area contributed by atoms with Crippen molar-refractivity contribution in [2.45, 2.75) is 38.8 Å². The molecule has 2 fully saturated rings. The molecule has 172 valence electrons. The van der Waals surface area contributed by atoms with Gasteiger partial charge in [-0.05, 0) is 48.6 Å². The van der Waals surface area contributed by atoms with Gasteiger partial charge in [-0.2, -0.15) is 0 Å². The van der Waals surface area contributed by atoms with Crippen molar-refractivity contribution in [1.82, 2.24) is 10.2 Å². The Balaban J connectivity index is 0.00000289. The van der Waals surface area contributed by atoms with Crippen molar-refractivity contribution in [2.75, 3.05) is 32.1 Å². The lowest BCUT2D eigenvalue weighted by atomic mass is 9.85. The van der Waals surface area contributed by atoms with E-state index in [0.717, 1.165) is 49.6 Å². The SMILES string of the molecule is CN=C(NCc1cccc(NC(=O)C2CCC2)c1)N1CCOC(c2ccccc2C)C1.I. The van der Waals surface area contributed by atoms with E-state index in [2.05, 4.69) is 57.8 Å². The minimum Gasteiger partial charge on any atom is -0.370 e. The molecule has 2 aliphatic rings. The van der Waals surface area contributed by atoms with Gasteiger partial charge < -0.3 is 20.3 Å². The van der Waals surface area contributed by atoms with Gasteiger partial charge in [-0.15, -0.1) is 24.0 Å². The van der Waals surface area contributed by atoms with Crippen LogP contribution in [0.3, 0.4) is 0 Å². The van der Waals surface area contributed by atoms with E-state index in [9.17, 15) is 4.79 Å². The lowest BCUT2D eigenvalue weighted by Gasteiger charge is -2.35. The number of carbonyl (C=O) groups is 1. The van der Waals surface area contributed by atoms with Crippen LogP contribution in [0.15, 0.2) is 53.5 Å². The van der Waals surface area contributed by atoms with Crippen molar-refractivity contribution in [3.63, 3.8) is 0 Å². The molecule has 2 aromatic carbocycles. The molecule has 1 aliphatic heterocycles. The summed E-state index contributed by atoms with van der Waals surface area (Å²) in [5, 5.41) is 6.53. The van der Waals surface area contributed by atoms with E-state index in [0.29, 0.717) is 13.2 Å². The summed E-state index contributed by atoms with van der Waals surface area (Å²) < 4.78 is 6.05. The van der Waals surface area contributed by atoms with E-state index in [1.165, 1.54) is 11.1 Å². The largest absolute Gasteiger partial charge is 0.370 e. The summed E-state index contributed by atoms with van der Waals surface area (Å²) in [5.41, 5.74) is 4.45. The Morgan fingerprint density at radius 1 is 1.19 bits per heavy atom. The molecule has 2 N–H and O–H groups in total. The number of amides is 1. The van der Waals surface area contributed by atoms with Gasteiger partial charge in [-0.1, -0.05) is 42.8 Å². The Labute approximate surface area is 207 Å². The predicted octanol–water partition coefficient (Wildman–Crippen LogP) is 4.50. The van der Waals surface area contributed by atoms with Gasteiger partial charge in [-0.3, -0.25) is 9.79 Å². The summed E-state index contributed by atoms with van der Waals surface area (Å²) in [6.45, 7) is 5.01. The second-order valence-corrected chi connectivity index (χ2v) is 8.38. The first-order chi connectivity index (χ1) is 15.1. The number of nitrogens with one attached hydrogen (secondary N) is 2. The summed E-state index contributed by atoms with van der Waals surface area (Å²) >= 11 is 0. The first kappa shape index (κ1) is 24.5. The molecule has 1 atom stereocenters. The number of hydrogen-bond acceptors (Lipinski definition) is 3. The van der Waals surface area contributed by atoms with Crippen molar-refractivity contribution in [2.24, 2.45) is 10.9 Å². The highest BCUT2D eigenvalue weighted by Gasteiger charge is 2.26. The Bertz CT molecular complexity index is 945. The fourth-order valence-electron chi connectivity index (χ4n) is 4.17. The molecule has 2 aromatic rings. The van der Waals surface area contributed by atoms with E-state index >= 15 is 0 Å². The number of rotatable bonds is 5. The molecule has 0 radical (unpaired) electrons. The van der Waals surface area contributed by atoms with Crippen LogP contribution in [0.25, 0.3) is 0 Å². The number of aliphatic imine (C=N–C) groups is 1. The van der Waals surface area contributed by atoms with Crippen LogP contribution in [0.2, 0.25) is 0 Å². The van der Waals surface area contributed by atoms with E-state index in [1.807, 2.05) is 25.2 Å². The molecule has 32 heavy (non-hydrogen) atoms. The molecule has 1 unspecified atom stereocenters. The van der Waals surface area contributed by atoms with Crippen molar-refractivity contribution in [3.05, 3.63) is 65.2 Å². The van der Waals surface area contributed by atoms with Crippen LogP contribution in [0.1, 0.15) is 42.1 Å². The van der Waals surface area contributed by atoms with Crippen molar-refractivity contribution in [3.8, 4) is 0 Å². The molecule has 4 rings (SSSR count). The minimum atomic E-state index is 0. The molecular formula is C25H33IN4O2. The summed E-state index contributed by atoms with van der Waals surface area (Å²) in [5.74, 6) is 1.19. The predicted molar refractivity (Wildman–Crippen MR) is 139 cm³/mol. The average Bonchev–Trinajstić information content (AvgIpc) is 2.74. The first-order valence-corrected chi connectivity index (χ1v) is 11.2. The topological polar surface area (TPSA) is 66.0 Å². The van der Waals surface area contributed by atoms with E-state index in [1.54, 1.807) is 0 Å². The van der Waals surface area contributed by atoms with Gasteiger partial charge in [0.1, 0.15) is 6.10 Å². The van der Waals surface area contributed by atoms with E-state index in [4.69, 9.17) is 4.74 Å². The standard InChI is InChI=1S/C25H32N4O2.HI/c1-18-7-3-4-12-22(18)23-17-29(13-14-31-23)25(26-2)27-16-19-8-5-11-21(15-19)28-24(30)20-9-6-10-20;/h3-5,7-8,11-12,15,20,23H,6,9-10,13-14,16-17H2,1-2H3,(H,26,27)(H,28,30);1H. The van der Waals surface area contributed by atoms with Gasteiger partial charge in [-0.25, -0.2) is 0 Å². The van der Waals surface area contributed by atoms with Gasteiger partial charge in [0.25, 0.3) is 0 Å². The molecule has 7 heteroatoms. The number of morpholine rings is 1. The highest BCUT2D eigenvalue weighted by molar-refractivity contribution is 14.0. The van der Waals surface area contributed by atoms with Gasteiger partial charge in [0.05, 0.1) is 13.2 Å². The Hall–Kier alpha value is -2.13. The summed E-state index contributed by atoms with van der Waals surface area (Å²) in [7, 11) is 1.82. The first-order valence-electron chi connectivity index (χ1n) is 11.2. The smallest absolute Gasteiger partial charge is 0.227 e. The number of hydrogen-bond donors (Lipinski definition) is 2. The second kappa shape index (κ2) is 11.7. The van der Waals surface area contributed by atoms with Gasteiger partial charge in [0.15, 0.2) is 5.96 Å². The van der Waals surface area contributed by atoms with Crippen molar-refractivity contribution >= 4 is 41.5 Å². The molecule has 1 heterocycles. The lowest BCUT2D eigenvalue weighted by Crippen LogP contribution is -2.48. The normalized spacial score (nSPS) is 19.0. The minimum absolute atomic E-state index is 0. The maximum absolute atomic E-state index is 12.2. The third-order valence-corrected chi connectivity index (χ3v) is 6.23. The number of guanidine groups is 1. The number of aryl methyl sites for hydroxylation is 1. The van der Waals surface area contributed by atoms with Gasteiger partial charge in [0, 0.05) is 31.7 Å². The molecule has 0 bridgehead atoms. The molecule has 6 nitrogen and oxygen atoms in total. The average molecular weight is 548 g/mol. The summed E-state index contributed by atoms with van der Waals surface area (Å²) in [6, 6.07) is 16.4. The third kappa shape index (κ3) is 6.01. The number of benzene rings is 2. The van der Waals surface area contributed by atoms with Crippen molar-refractivity contribution < 1.29 is 9.53 Å². The number of anilines is 1. The summed E-state index contributed by atoms with van der Waals surface area (Å²) in [6.07, 6.45) is 3.21. The zero-order chi connectivity index (χ0) is 21.6. The molecule has 0 spiro atoms. The Morgan fingerprint density at radius 3 is 2.72 bits per heavy atom. The van der Waals surface area contributed by atoms with Gasteiger partial charge in [0.2, 0.25) is 5.91 Å². The molecule has 1 amide bonds. The zero-order valence-corrected chi connectivity index (χ0v) is 21.2. The monoisotopic (exact) mass is 548 g/mol. The lowest BCUT2D eigenvalue weighted by molar-refractivity contribution is -0.122. The highest BCUT2D eigenvalue weighted by atomic mass is 127. The Morgan fingerprint density at radius 2 is 2.00 bits per heavy atom. The van der Waals surface area contributed by atoms with Crippen LogP contribution < -0.4 is 10.6 Å². The van der Waals surface area contributed by atoms with Crippen LogP contribution in [0.5, 0.6) is 0 Å². The van der Waals surface area contributed by atoms with Crippen LogP contribution >= 0.6 is 24.0 Å². The maximum Gasteiger partial charge on any atom is 0.227 e. The van der Waals surface area contributed by atoms with Crippen LogP contribution in [-0.2, 0) is 16.1 Å². The quantitative estimate of drug-likeness (QED) is 0.328. The molecule has 1 aliphatic carbocycles. The maximum atomic E-state index is 12.2. The van der Waals surface area contributed by atoms with Crippen LogP contribution in [-0.4, -0.2) is 43.5 Å². The molecule has 1 saturated heterocycles. The highest BCUT2D eigenvalue weighted by Crippen LogP contribution is 2.28. The third-order valence-electron chi connectivity index (χ3n) is 6.23. The Kier molecular flexibility index (Phi) is 8.92. The zero-order valence-electron chi connectivity index (χ0n) is 18.8. The fraction of sp³-hybridized carbons (Fsp3) is 0.440. The van der Waals surface area contributed by atoms with Crippen LogP contribution in [0, 0.1) is 12.8 Å². The molecule has 0 aromatic heterocycles. The molecule has 1 saturated carbocycles. The summed E-state index contributed by atoms with van der Waals surface area (Å²) in [4.78, 5) is 19.0. The van der Waals surface area contributed by atoms with E-state index in [-0.39, 0.29) is 41.9 Å². The van der Waals surface area contributed by atoms with Gasteiger partial charge >= 0.3 is 0 Å². The number of nitrogens with zero attached hydrogens (tertiary/aromatic N) is 2. The van der Waals surface area contributed by atoms with E-state index < -0.39 is 0 Å². The number of carbonyl (C=O) groups excluding carboxylic acids is 1.